The molecular formula is C16H21ClN6O. The molecule has 2 aromatic rings. The normalized spacial score (nSPS) is 17.0. The number of amides is 1. The van der Waals surface area contributed by atoms with Crippen molar-refractivity contribution in [1.82, 2.24) is 30.0 Å². The van der Waals surface area contributed by atoms with E-state index < -0.39 is 0 Å². The van der Waals surface area contributed by atoms with Crippen molar-refractivity contribution < 1.29 is 4.79 Å². The molecule has 1 atom stereocenters. The van der Waals surface area contributed by atoms with Gasteiger partial charge < -0.3 is 4.90 Å². The number of carbonyl (C=O) groups is 1. The molecule has 2 heterocycles. The fraction of sp³-hybridized carbons (Fsp3) is 0.500. The molecule has 0 aliphatic carbocycles. The van der Waals surface area contributed by atoms with Gasteiger partial charge in [0.25, 0.3) is 0 Å². The Kier molecular flexibility index (Phi) is 5.11. The summed E-state index contributed by atoms with van der Waals surface area (Å²) in [5, 5.41) is 12.3. The van der Waals surface area contributed by atoms with Crippen molar-refractivity contribution in [2.45, 2.75) is 19.4 Å². The second-order valence-corrected chi connectivity index (χ2v) is 6.43. The number of benzene rings is 1. The second kappa shape index (κ2) is 7.27. The lowest BCUT2D eigenvalue weighted by atomic mass is 10.1. The summed E-state index contributed by atoms with van der Waals surface area (Å²) in [4.78, 5) is 16.7. The van der Waals surface area contributed by atoms with Gasteiger partial charge in [0.2, 0.25) is 5.91 Å². The van der Waals surface area contributed by atoms with E-state index in [1.807, 2.05) is 36.2 Å². The maximum absolute atomic E-state index is 12.5. The highest BCUT2D eigenvalue weighted by atomic mass is 35.5. The first-order chi connectivity index (χ1) is 11.6. The van der Waals surface area contributed by atoms with E-state index in [1.165, 1.54) is 0 Å². The van der Waals surface area contributed by atoms with E-state index in [9.17, 15) is 4.79 Å². The predicted molar refractivity (Wildman–Crippen MR) is 90.5 cm³/mol. The van der Waals surface area contributed by atoms with Crippen LogP contribution in [0.2, 0.25) is 5.02 Å². The fourth-order valence-electron chi connectivity index (χ4n) is 3.03. The summed E-state index contributed by atoms with van der Waals surface area (Å²) in [5.74, 6) is 0.960. The highest BCUT2D eigenvalue weighted by Crippen LogP contribution is 2.20. The van der Waals surface area contributed by atoms with Crippen LogP contribution < -0.4 is 0 Å². The number of aryl methyl sites for hydroxylation is 1. The molecule has 1 aromatic heterocycles. The Labute approximate surface area is 146 Å². The Hall–Kier alpha value is -1.99. The van der Waals surface area contributed by atoms with E-state index in [0.29, 0.717) is 24.5 Å². The third-order valence-electron chi connectivity index (χ3n) is 4.54. The summed E-state index contributed by atoms with van der Waals surface area (Å²) in [7, 11) is 1.84. The molecule has 1 saturated heterocycles. The van der Waals surface area contributed by atoms with Gasteiger partial charge in [-0.25, -0.2) is 4.68 Å². The van der Waals surface area contributed by atoms with Gasteiger partial charge in [0.05, 0.1) is 12.5 Å². The van der Waals surface area contributed by atoms with Gasteiger partial charge in [-0.1, -0.05) is 29.8 Å². The van der Waals surface area contributed by atoms with Gasteiger partial charge in [0.15, 0.2) is 5.82 Å². The number of rotatable bonds is 4. The standard InChI is InChI=1S/C16H21ClN6O/c1-12(16-18-19-20-21(16)2)22-7-9-23(10-8-22)15(24)11-13-5-3-4-6-14(13)17/h3-6,12H,7-11H2,1-2H3. The van der Waals surface area contributed by atoms with Crippen molar-refractivity contribution in [1.29, 1.82) is 0 Å². The van der Waals surface area contributed by atoms with Crippen molar-refractivity contribution in [2.75, 3.05) is 26.2 Å². The zero-order valence-electron chi connectivity index (χ0n) is 13.9. The minimum Gasteiger partial charge on any atom is -0.340 e. The van der Waals surface area contributed by atoms with Crippen LogP contribution in [-0.2, 0) is 18.3 Å². The van der Waals surface area contributed by atoms with Gasteiger partial charge in [-0.15, -0.1) is 5.10 Å². The average molecular weight is 349 g/mol. The molecule has 0 spiro atoms. The number of hydrogen-bond donors (Lipinski definition) is 0. The molecule has 7 nitrogen and oxygen atoms in total. The zero-order valence-corrected chi connectivity index (χ0v) is 14.6. The number of aromatic nitrogens is 4. The first-order valence-corrected chi connectivity index (χ1v) is 8.41. The zero-order chi connectivity index (χ0) is 17.1. The summed E-state index contributed by atoms with van der Waals surface area (Å²) in [6.07, 6.45) is 0.350. The summed E-state index contributed by atoms with van der Waals surface area (Å²) in [6.45, 7) is 5.12. The third kappa shape index (κ3) is 3.57. The van der Waals surface area contributed by atoms with Crippen molar-refractivity contribution in [3.05, 3.63) is 40.7 Å². The first kappa shape index (κ1) is 16.9. The van der Waals surface area contributed by atoms with Crippen LogP contribution in [0, 0.1) is 0 Å². The maximum atomic E-state index is 12.5. The molecular weight excluding hydrogens is 328 g/mol. The Morgan fingerprint density at radius 2 is 1.96 bits per heavy atom. The largest absolute Gasteiger partial charge is 0.340 e. The van der Waals surface area contributed by atoms with Gasteiger partial charge in [-0.3, -0.25) is 9.69 Å². The molecule has 24 heavy (non-hydrogen) atoms. The molecule has 0 radical (unpaired) electrons. The lowest BCUT2D eigenvalue weighted by Gasteiger charge is -2.37. The van der Waals surface area contributed by atoms with Crippen molar-refractivity contribution in [3.63, 3.8) is 0 Å². The molecule has 0 N–H and O–H groups in total. The second-order valence-electron chi connectivity index (χ2n) is 6.02. The molecule has 1 fully saturated rings. The molecule has 0 saturated carbocycles. The van der Waals surface area contributed by atoms with E-state index >= 15 is 0 Å². The van der Waals surface area contributed by atoms with E-state index in [1.54, 1.807) is 4.68 Å². The Bertz CT molecular complexity index is 710. The number of piperazine rings is 1. The van der Waals surface area contributed by atoms with Crippen LogP contribution in [0.4, 0.5) is 0 Å². The quantitative estimate of drug-likeness (QED) is 0.833. The SMILES string of the molecule is CC(c1nnnn1C)N1CCN(C(=O)Cc2ccccc2Cl)CC1. The molecule has 128 valence electrons. The van der Waals surface area contributed by atoms with Crippen molar-refractivity contribution in [3.8, 4) is 0 Å². The van der Waals surface area contributed by atoms with E-state index in [-0.39, 0.29) is 11.9 Å². The number of carbonyl (C=O) groups excluding carboxylic acids is 1. The summed E-state index contributed by atoms with van der Waals surface area (Å²) in [5.41, 5.74) is 0.880. The maximum Gasteiger partial charge on any atom is 0.227 e. The lowest BCUT2D eigenvalue weighted by Crippen LogP contribution is -2.50. The number of halogens is 1. The monoisotopic (exact) mass is 348 g/mol. The first-order valence-electron chi connectivity index (χ1n) is 8.03. The summed E-state index contributed by atoms with van der Waals surface area (Å²) < 4.78 is 1.69. The lowest BCUT2D eigenvalue weighted by molar-refractivity contribution is -0.132. The van der Waals surface area contributed by atoms with Gasteiger partial charge in [0.1, 0.15) is 0 Å². The van der Waals surface area contributed by atoms with Gasteiger partial charge >= 0.3 is 0 Å². The van der Waals surface area contributed by atoms with Crippen LogP contribution in [0.5, 0.6) is 0 Å². The highest BCUT2D eigenvalue weighted by Gasteiger charge is 2.27. The van der Waals surface area contributed by atoms with Crippen LogP contribution in [0.15, 0.2) is 24.3 Å². The molecule has 3 rings (SSSR count). The molecule has 8 heteroatoms. The van der Waals surface area contributed by atoms with Crippen LogP contribution in [-0.4, -0.2) is 62.1 Å². The molecule has 1 aliphatic rings. The predicted octanol–water partition coefficient (Wildman–Crippen LogP) is 1.31. The Morgan fingerprint density at radius 3 is 2.58 bits per heavy atom. The molecule has 1 aromatic carbocycles. The van der Waals surface area contributed by atoms with Gasteiger partial charge in [-0.2, -0.15) is 0 Å². The van der Waals surface area contributed by atoms with Crippen molar-refractivity contribution in [2.24, 2.45) is 7.05 Å². The van der Waals surface area contributed by atoms with Crippen LogP contribution in [0.1, 0.15) is 24.4 Å². The summed E-state index contributed by atoms with van der Waals surface area (Å²) >= 11 is 6.14. The van der Waals surface area contributed by atoms with E-state index in [2.05, 4.69) is 27.3 Å². The number of tetrazole rings is 1. The minimum absolute atomic E-state index is 0.121. The van der Waals surface area contributed by atoms with E-state index in [0.717, 1.165) is 24.5 Å². The smallest absolute Gasteiger partial charge is 0.227 e. The minimum atomic E-state index is 0.121. The van der Waals surface area contributed by atoms with Gasteiger partial charge in [-0.05, 0) is 29.0 Å². The van der Waals surface area contributed by atoms with Crippen molar-refractivity contribution >= 4 is 17.5 Å². The van der Waals surface area contributed by atoms with Crippen LogP contribution >= 0.6 is 11.6 Å². The Morgan fingerprint density at radius 1 is 1.25 bits per heavy atom. The molecule has 1 unspecified atom stereocenters. The topological polar surface area (TPSA) is 67.2 Å². The number of hydrogen-bond acceptors (Lipinski definition) is 5. The van der Waals surface area contributed by atoms with Crippen LogP contribution in [0.25, 0.3) is 0 Å². The Balaban J connectivity index is 1.56. The number of nitrogens with zero attached hydrogens (tertiary/aromatic N) is 6. The summed E-state index contributed by atoms with van der Waals surface area (Å²) in [6, 6.07) is 7.63. The molecule has 1 amide bonds. The average Bonchev–Trinajstić information content (AvgIpc) is 3.02. The molecule has 0 bridgehead atoms. The highest BCUT2D eigenvalue weighted by molar-refractivity contribution is 6.31. The van der Waals surface area contributed by atoms with Gasteiger partial charge in [0, 0.05) is 38.2 Å². The van der Waals surface area contributed by atoms with E-state index in [4.69, 9.17) is 11.6 Å². The third-order valence-corrected chi connectivity index (χ3v) is 4.91. The fourth-order valence-corrected chi connectivity index (χ4v) is 3.23. The molecule has 1 aliphatic heterocycles. The van der Waals surface area contributed by atoms with Crippen LogP contribution in [0.3, 0.4) is 0 Å².